The monoisotopic (exact) mass is 449 g/mol. The number of carbonyl (C=O) groups is 1. The van der Waals surface area contributed by atoms with Gasteiger partial charge in [-0.05, 0) is 60.2 Å². The van der Waals surface area contributed by atoms with Gasteiger partial charge in [0.05, 0.1) is 20.3 Å². The molecule has 0 bridgehead atoms. The molecule has 0 radical (unpaired) electrons. The lowest BCUT2D eigenvalue weighted by Gasteiger charge is -2.18. The Morgan fingerprint density at radius 3 is 2.36 bits per heavy atom. The molecule has 0 aliphatic heterocycles. The molecule has 1 heterocycles. The fourth-order valence-electron chi connectivity index (χ4n) is 3.44. The molecule has 6 heteroatoms. The Bertz CT molecular complexity index is 1120. The number of furan rings is 1. The first kappa shape index (κ1) is 24.0. The third kappa shape index (κ3) is 5.77. The lowest BCUT2D eigenvalue weighted by Crippen LogP contribution is -2.28. The maximum absolute atomic E-state index is 12.9. The van der Waals surface area contributed by atoms with Gasteiger partial charge < -0.3 is 23.9 Å². The van der Waals surface area contributed by atoms with Crippen molar-refractivity contribution in [2.24, 2.45) is 0 Å². The summed E-state index contributed by atoms with van der Waals surface area (Å²) in [6.45, 7) is 10.0. The molecular weight excluding hydrogens is 418 g/mol. The molecule has 1 atom stereocenters. The number of hydrogen-bond donors (Lipinski definition) is 1. The fourth-order valence-corrected chi connectivity index (χ4v) is 3.44. The van der Waals surface area contributed by atoms with Crippen LogP contribution < -0.4 is 19.5 Å². The number of methoxy groups -OCH3 is 2. The molecule has 0 aliphatic rings. The van der Waals surface area contributed by atoms with Crippen molar-refractivity contribution in [2.75, 3.05) is 14.2 Å². The third-order valence-corrected chi connectivity index (χ3v) is 5.41. The van der Waals surface area contributed by atoms with Gasteiger partial charge in [-0.15, -0.1) is 6.58 Å². The molecule has 0 saturated heterocycles. The van der Waals surface area contributed by atoms with Crippen molar-refractivity contribution in [1.82, 2.24) is 5.32 Å². The highest BCUT2D eigenvalue weighted by molar-refractivity contribution is 5.91. The first-order chi connectivity index (χ1) is 15.9. The van der Waals surface area contributed by atoms with E-state index in [1.54, 1.807) is 32.4 Å². The van der Waals surface area contributed by atoms with Crippen molar-refractivity contribution in [3.63, 3.8) is 0 Å². The Morgan fingerprint density at radius 1 is 1.00 bits per heavy atom. The van der Waals surface area contributed by atoms with Gasteiger partial charge in [0.1, 0.15) is 5.75 Å². The molecule has 0 spiro atoms. The Morgan fingerprint density at radius 2 is 1.70 bits per heavy atom. The summed E-state index contributed by atoms with van der Waals surface area (Å²) in [6, 6.07) is 14.6. The van der Waals surface area contributed by atoms with Crippen LogP contribution in [-0.4, -0.2) is 20.1 Å². The number of benzene rings is 2. The first-order valence-corrected chi connectivity index (χ1v) is 10.9. The van der Waals surface area contributed by atoms with E-state index in [4.69, 9.17) is 18.6 Å². The fraction of sp³-hybridized carbons (Fsp3) is 0.296. The smallest absolute Gasteiger partial charge is 0.290 e. The average molecular weight is 450 g/mol. The first-order valence-electron chi connectivity index (χ1n) is 10.9. The SMILES string of the molecule is C=CCC(NC(=O)c1ccc(Oc2cc(C(C)C)ccc2C)o1)c1ccc(OC)c(OC)c1. The summed E-state index contributed by atoms with van der Waals surface area (Å²) < 4.78 is 22.3. The normalized spacial score (nSPS) is 11.7. The highest BCUT2D eigenvalue weighted by atomic mass is 16.6. The summed E-state index contributed by atoms with van der Waals surface area (Å²) in [5, 5.41) is 3.00. The number of rotatable bonds is 10. The van der Waals surface area contributed by atoms with Crippen LogP contribution in [0.25, 0.3) is 0 Å². The van der Waals surface area contributed by atoms with E-state index < -0.39 is 0 Å². The molecule has 33 heavy (non-hydrogen) atoms. The molecule has 1 amide bonds. The molecule has 3 aromatic rings. The molecule has 174 valence electrons. The molecule has 0 saturated carbocycles. The Hall–Kier alpha value is -3.67. The van der Waals surface area contributed by atoms with Crippen LogP contribution in [0.15, 0.2) is 65.6 Å². The van der Waals surface area contributed by atoms with E-state index in [0.717, 1.165) is 11.1 Å². The summed E-state index contributed by atoms with van der Waals surface area (Å²) in [6.07, 6.45) is 2.29. The summed E-state index contributed by atoms with van der Waals surface area (Å²) in [5.74, 6) is 2.37. The maximum atomic E-state index is 12.9. The number of carbonyl (C=O) groups excluding carboxylic acids is 1. The van der Waals surface area contributed by atoms with Gasteiger partial charge in [-0.25, -0.2) is 0 Å². The molecule has 0 aliphatic carbocycles. The van der Waals surface area contributed by atoms with E-state index in [-0.39, 0.29) is 23.7 Å². The van der Waals surface area contributed by atoms with Gasteiger partial charge >= 0.3 is 0 Å². The van der Waals surface area contributed by atoms with Gasteiger partial charge in [-0.3, -0.25) is 4.79 Å². The summed E-state index contributed by atoms with van der Waals surface area (Å²) >= 11 is 0. The third-order valence-electron chi connectivity index (χ3n) is 5.41. The Labute approximate surface area is 195 Å². The number of nitrogens with one attached hydrogen (secondary N) is 1. The molecular formula is C27H31NO5. The Kier molecular flexibility index (Phi) is 7.83. The summed E-state index contributed by atoms with van der Waals surface area (Å²) in [5.41, 5.74) is 3.02. The minimum atomic E-state index is -0.348. The zero-order valence-corrected chi connectivity index (χ0v) is 19.8. The van der Waals surface area contributed by atoms with Gasteiger partial charge in [-0.1, -0.05) is 38.1 Å². The second-order valence-corrected chi connectivity index (χ2v) is 8.07. The number of amides is 1. The molecule has 1 unspecified atom stereocenters. The standard InChI is InChI=1S/C27H31NO5/c1-7-8-21(20-11-12-22(30-5)25(16-20)31-6)28-27(29)23-13-14-26(32-23)33-24-15-19(17(2)3)10-9-18(24)4/h7,9-17,21H,1,8H2,2-6H3,(H,28,29). The minimum absolute atomic E-state index is 0.164. The van der Waals surface area contributed by atoms with Crippen molar-refractivity contribution < 1.29 is 23.4 Å². The van der Waals surface area contributed by atoms with Gasteiger partial charge in [0.15, 0.2) is 17.3 Å². The van der Waals surface area contributed by atoms with E-state index in [9.17, 15) is 4.79 Å². The van der Waals surface area contributed by atoms with Crippen LogP contribution in [0.5, 0.6) is 23.2 Å². The van der Waals surface area contributed by atoms with Crippen LogP contribution >= 0.6 is 0 Å². The van der Waals surface area contributed by atoms with E-state index in [1.807, 2.05) is 37.3 Å². The van der Waals surface area contributed by atoms with Crippen LogP contribution in [0.3, 0.4) is 0 Å². The van der Waals surface area contributed by atoms with E-state index in [0.29, 0.717) is 29.6 Å². The number of hydrogen-bond acceptors (Lipinski definition) is 5. The van der Waals surface area contributed by atoms with E-state index in [2.05, 4.69) is 31.8 Å². The minimum Gasteiger partial charge on any atom is -0.493 e. The zero-order valence-electron chi connectivity index (χ0n) is 19.8. The van der Waals surface area contributed by atoms with Crippen molar-refractivity contribution in [3.8, 4) is 23.2 Å². The molecule has 3 rings (SSSR count). The summed E-state index contributed by atoms with van der Waals surface area (Å²) in [7, 11) is 3.16. The quantitative estimate of drug-likeness (QED) is 0.355. The molecule has 6 nitrogen and oxygen atoms in total. The van der Waals surface area contributed by atoms with Crippen molar-refractivity contribution in [3.05, 3.63) is 83.6 Å². The lowest BCUT2D eigenvalue weighted by atomic mass is 10.0. The van der Waals surface area contributed by atoms with Crippen LogP contribution in [0.2, 0.25) is 0 Å². The van der Waals surface area contributed by atoms with Crippen molar-refractivity contribution in [2.45, 2.75) is 39.2 Å². The second kappa shape index (κ2) is 10.8. The largest absolute Gasteiger partial charge is 0.493 e. The number of aryl methyl sites for hydroxylation is 1. The topological polar surface area (TPSA) is 69.9 Å². The van der Waals surface area contributed by atoms with Crippen LogP contribution in [0, 0.1) is 6.92 Å². The highest BCUT2D eigenvalue weighted by Crippen LogP contribution is 2.32. The van der Waals surface area contributed by atoms with Crippen molar-refractivity contribution in [1.29, 1.82) is 0 Å². The molecule has 1 N–H and O–H groups in total. The van der Waals surface area contributed by atoms with Crippen molar-refractivity contribution >= 4 is 5.91 Å². The molecule has 0 fully saturated rings. The number of ether oxygens (including phenoxy) is 3. The molecule has 2 aromatic carbocycles. The Balaban J connectivity index is 1.76. The van der Waals surface area contributed by atoms with Gasteiger partial charge in [-0.2, -0.15) is 0 Å². The second-order valence-electron chi connectivity index (χ2n) is 8.07. The van der Waals surface area contributed by atoms with E-state index in [1.165, 1.54) is 5.56 Å². The molecule has 1 aromatic heterocycles. The van der Waals surface area contributed by atoms with Gasteiger partial charge in [0.2, 0.25) is 0 Å². The van der Waals surface area contributed by atoms with Gasteiger partial charge in [0.25, 0.3) is 11.9 Å². The van der Waals surface area contributed by atoms with Crippen LogP contribution in [0.1, 0.15) is 59.5 Å². The zero-order chi connectivity index (χ0) is 24.0. The van der Waals surface area contributed by atoms with Crippen LogP contribution in [0.4, 0.5) is 0 Å². The van der Waals surface area contributed by atoms with Gasteiger partial charge in [0, 0.05) is 6.07 Å². The average Bonchev–Trinajstić information content (AvgIpc) is 3.28. The predicted molar refractivity (Wildman–Crippen MR) is 129 cm³/mol. The predicted octanol–water partition coefficient (Wildman–Crippen LogP) is 6.57. The highest BCUT2D eigenvalue weighted by Gasteiger charge is 2.20. The van der Waals surface area contributed by atoms with E-state index >= 15 is 0 Å². The lowest BCUT2D eigenvalue weighted by molar-refractivity contribution is 0.0904. The van der Waals surface area contributed by atoms with Crippen LogP contribution in [-0.2, 0) is 0 Å². The summed E-state index contributed by atoms with van der Waals surface area (Å²) in [4.78, 5) is 12.9. The maximum Gasteiger partial charge on any atom is 0.290 e.